The third-order valence-electron chi connectivity index (χ3n) is 3.65. The molecule has 8 N–H and O–H groups in total. The van der Waals surface area contributed by atoms with E-state index in [1.54, 1.807) is 0 Å². The van der Waals surface area contributed by atoms with Crippen LogP contribution < -0.4 is 0 Å². The zero-order valence-corrected chi connectivity index (χ0v) is 12.2. The van der Waals surface area contributed by atoms with Gasteiger partial charge in [-0.1, -0.05) is 0 Å². The molecule has 0 radical (unpaired) electrons. The average Bonchev–Trinajstić information content (AvgIpc) is 2.47. The molecule has 2 heterocycles. The van der Waals surface area contributed by atoms with Gasteiger partial charge in [0, 0.05) is 0 Å². The maximum Gasteiger partial charge on any atom is 0.183 e. The highest BCUT2D eigenvalue weighted by atomic mass is 16.6. The van der Waals surface area contributed by atoms with E-state index in [9.17, 15) is 0 Å². The highest BCUT2D eigenvalue weighted by Gasteiger charge is 2.41. The van der Waals surface area contributed by atoms with Crippen molar-refractivity contribution >= 4 is 0 Å². The second-order valence-corrected chi connectivity index (χ2v) is 5.41. The second-order valence-electron chi connectivity index (χ2n) is 5.41. The lowest BCUT2D eigenvalue weighted by Gasteiger charge is -2.36. The summed E-state index contributed by atoms with van der Waals surface area (Å²) in [6, 6.07) is 0. The van der Waals surface area contributed by atoms with Gasteiger partial charge in [0.2, 0.25) is 0 Å². The minimum atomic E-state index is -1.43. The molecule has 2 rings (SSSR count). The summed E-state index contributed by atoms with van der Waals surface area (Å²) >= 11 is 0. The maximum absolute atomic E-state index is 9.09. The molecule has 132 valence electrons. The zero-order valence-electron chi connectivity index (χ0n) is 12.2. The number of ether oxygens (including phenoxy) is 2. The van der Waals surface area contributed by atoms with Crippen LogP contribution in [0.1, 0.15) is 13.8 Å². The number of hydrogen-bond acceptors (Lipinski definition) is 10. The SMILES string of the molecule is C[C@H]1OC(O)[C@H](O)[C@@H](O)[C@H]1O.C[C@H]1O[C@H](O)[C@H](O)[C@@H](O)[C@H]1O. The Kier molecular flexibility index (Phi) is 7.08. The molecule has 10 heteroatoms. The van der Waals surface area contributed by atoms with Gasteiger partial charge in [0.05, 0.1) is 12.2 Å². The third kappa shape index (κ3) is 4.32. The number of hydrogen-bond donors (Lipinski definition) is 8. The van der Waals surface area contributed by atoms with E-state index in [1.807, 2.05) is 0 Å². The summed E-state index contributed by atoms with van der Waals surface area (Å²) in [5, 5.41) is 72.0. The molecular formula is C12H24O10. The minimum absolute atomic E-state index is 0.664. The summed E-state index contributed by atoms with van der Waals surface area (Å²) in [5.74, 6) is 0. The Morgan fingerprint density at radius 1 is 0.455 bits per heavy atom. The molecule has 0 aromatic carbocycles. The molecule has 2 aliphatic rings. The molecule has 10 nitrogen and oxygen atoms in total. The first-order valence-electron chi connectivity index (χ1n) is 6.83. The molecule has 22 heavy (non-hydrogen) atoms. The van der Waals surface area contributed by atoms with Gasteiger partial charge < -0.3 is 50.3 Å². The smallest absolute Gasteiger partial charge is 0.183 e. The predicted octanol–water partition coefficient (Wildman–Crippen LogP) is -4.39. The monoisotopic (exact) mass is 328 g/mol. The molecule has 0 amide bonds. The van der Waals surface area contributed by atoms with Gasteiger partial charge in [0.25, 0.3) is 0 Å². The lowest BCUT2D eigenvalue weighted by molar-refractivity contribution is -0.277. The van der Waals surface area contributed by atoms with Crippen molar-refractivity contribution < 1.29 is 50.3 Å². The summed E-state index contributed by atoms with van der Waals surface area (Å²) < 4.78 is 9.35. The predicted molar refractivity (Wildman–Crippen MR) is 69.1 cm³/mol. The van der Waals surface area contributed by atoms with Gasteiger partial charge in [0.1, 0.15) is 36.6 Å². The van der Waals surface area contributed by atoms with Crippen LogP contribution in [0, 0.1) is 0 Å². The molecule has 0 spiro atoms. The van der Waals surface area contributed by atoms with Crippen molar-refractivity contribution in [3.63, 3.8) is 0 Å². The first-order valence-corrected chi connectivity index (χ1v) is 6.83. The summed E-state index contributed by atoms with van der Waals surface area (Å²) in [7, 11) is 0. The van der Waals surface area contributed by atoms with E-state index in [-0.39, 0.29) is 0 Å². The first-order chi connectivity index (χ1) is 10.1. The molecule has 0 saturated carbocycles. The van der Waals surface area contributed by atoms with Crippen molar-refractivity contribution in [2.75, 3.05) is 0 Å². The maximum atomic E-state index is 9.09. The molecule has 2 saturated heterocycles. The Morgan fingerprint density at radius 3 is 1.00 bits per heavy atom. The largest absolute Gasteiger partial charge is 0.388 e. The van der Waals surface area contributed by atoms with Crippen molar-refractivity contribution in [1.82, 2.24) is 0 Å². The van der Waals surface area contributed by atoms with Crippen LogP contribution in [-0.4, -0.2) is 102 Å². The Hall–Kier alpha value is -0.400. The fourth-order valence-corrected chi connectivity index (χ4v) is 2.06. The number of aliphatic hydroxyl groups excluding tert-OH is 8. The molecule has 0 aromatic rings. The van der Waals surface area contributed by atoms with Gasteiger partial charge in [-0.3, -0.25) is 0 Å². The average molecular weight is 328 g/mol. The Morgan fingerprint density at radius 2 is 0.727 bits per heavy atom. The molecule has 2 fully saturated rings. The number of aliphatic hydroxyl groups is 8. The van der Waals surface area contributed by atoms with E-state index < -0.39 is 61.4 Å². The fraction of sp³-hybridized carbons (Fsp3) is 1.00. The summed E-state index contributed by atoms with van der Waals surface area (Å²) in [6.07, 6.45) is -12.0. The molecule has 0 aromatic heterocycles. The highest BCUT2D eigenvalue weighted by Crippen LogP contribution is 2.19. The van der Waals surface area contributed by atoms with Gasteiger partial charge in [-0.25, -0.2) is 0 Å². The standard InChI is InChI=1S/2C6H12O5/c2*1-2-3(7)4(8)5(9)6(10)11-2/h2*2-10H,1H3/t2-,3+,4+,5-,6?;2-,3+,4+,5-,6+/m11/s1. The Labute approximate surface area is 126 Å². The summed E-state index contributed by atoms with van der Waals surface area (Å²) in [4.78, 5) is 0. The summed E-state index contributed by atoms with van der Waals surface area (Å²) in [6.45, 7) is 3.01. The lowest BCUT2D eigenvalue weighted by atomic mass is 10.0. The van der Waals surface area contributed by atoms with E-state index in [0.717, 1.165) is 0 Å². The first kappa shape index (κ1) is 19.6. The fourth-order valence-electron chi connectivity index (χ4n) is 2.06. The molecular weight excluding hydrogens is 304 g/mol. The molecule has 0 bridgehead atoms. The van der Waals surface area contributed by atoms with Crippen molar-refractivity contribution in [3.8, 4) is 0 Å². The molecule has 1 unspecified atom stereocenters. The molecule has 2 aliphatic heterocycles. The third-order valence-corrected chi connectivity index (χ3v) is 3.65. The van der Waals surface area contributed by atoms with Crippen LogP contribution in [0.3, 0.4) is 0 Å². The van der Waals surface area contributed by atoms with Gasteiger partial charge in [-0.2, -0.15) is 0 Å². The van der Waals surface area contributed by atoms with Crippen LogP contribution in [0.4, 0.5) is 0 Å². The van der Waals surface area contributed by atoms with Gasteiger partial charge in [-0.05, 0) is 13.8 Å². The highest BCUT2D eigenvalue weighted by molar-refractivity contribution is 4.86. The Bertz CT molecular complexity index is 282. The minimum Gasteiger partial charge on any atom is -0.388 e. The van der Waals surface area contributed by atoms with Crippen LogP contribution in [0.25, 0.3) is 0 Å². The van der Waals surface area contributed by atoms with Crippen molar-refractivity contribution in [2.45, 2.75) is 75.3 Å². The molecule has 0 aliphatic carbocycles. The normalized spacial score (nSPS) is 52.6. The Balaban J connectivity index is 0.000000220. The van der Waals surface area contributed by atoms with Crippen molar-refractivity contribution in [3.05, 3.63) is 0 Å². The van der Waals surface area contributed by atoms with Gasteiger partial charge in [0.15, 0.2) is 12.6 Å². The van der Waals surface area contributed by atoms with Crippen LogP contribution in [0.15, 0.2) is 0 Å². The van der Waals surface area contributed by atoms with E-state index in [4.69, 9.17) is 40.9 Å². The molecule has 10 atom stereocenters. The van der Waals surface area contributed by atoms with E-state index in [1.165, 1.54) is 13.8 Å². The van der Waals surface area contributed by atoms with Crippen LogP contribution >= 0.6 is 0 Å². The van der Waals surface area contributed by atoms with Gasteiger partial charge >= 0.3 is 0 Å². The second kappa shape index (κ2) is 7.93. The summed E-state index contributed by atoms with van der Waals surface area (Å²) in [5.41, 5.74) is 0. The number of rotatable bonds is 0. The lowest BCUT2D eigenvalue weighted by Crippen LogP contribution is -2.56. The van der Waals surface area contributed by atoms with Gasteiger partial charge in [-0.15, -0.1) is 0 Å². The van der Waals surface area contributed by atoms with Crippen LogP contribution in [-0.2, 0) is 9.47 Å². The zero-order chi connectivity index (χ0) is 17.2. The van der Waals surface area contributed by atoms with Crippen LogP contribution in [0.5, 0.6) is 0 Å². The van der Waals surface area contributed by atoms with Crippen LogP contribution in [0.2, 0.25) is 0 Å². The van der Waals surface area contributed by atoms with E-state index in [2.05, 4.69) is 9.47 Å². The van der Waals surface area contributed by atoms with Crippen molar-refractivity contribution in [2.24, 2.45) is 0 Å². The topological polar surface area (TPSA) is 180 Å². The quantitative estimate of drug-likeness (QED) is 0.216. The van der Waals surface area contributed by atoms with Crippen molar-refractivity contribution in [1.29, 1.82) is 0 Å². The van der Waals surface area contributed by atoms with E-state index in [0.29, 0.717) is 0 Å². The van der Waals surface area contributed by atoms with E-state index >= 15 is 0 Å².